The summed E-state index contributed by atoms with van der Waals surface area (Å²) < 4.78 is 7.20. The molecule has 3 heterocycles. The predicted molar refractivity (Wildman–Crippen MR) is 121 cm³/mol. The van der Waals surface area contributed by atoms with Crippen LogP contribution in [0.25, 0.3) is 21.8 Å². The Labute approximate surface area is 188 Å². The van der Waals surface area contributed by atoms with E-state index in [0.29, 0.717) is 33.8 Å². The van der Waals surface area contributed by atoms with Crippen molar-refractivity contribution in [3.63, 3.8) is 0 Å². The summed E-state index contributed by atoms with van der Waals surface area (Å²) >= 11 is 6.53. The fourth-order valence-corrected chi connectivity index (χ4v) is 5.03. The van der Waals surface area contributed by atoms with Crippen LogP contribution < -0.4 is 10.9 Å². The molecule has 2 atom stereocenters. The number of fused-ring (bicyclic) bond motifs is 3. The van der Waals surface area contributed by atoms with E-state index in [1.807, 2.05) is 16.7 Å². The number of nitrogens with zero attached hydrogens (tertiary/aromatic N) is 4. The Hall–Kier alpha value is -3.26. The van der Waals surface area contributed by atoms with Crippen LogP contribution >= 0.6 is 11.6 Å². The monoisotopic (exact) mass is 451 g/mol. The van der Waals surface area contributed by atoms with Crippen molar-refractivity contribution < 1.29 is 9.32 Å². The van der Waals surface area contributed by atoms with Gasteiger partial charge in [-0.05, 0) is 44.2 Å². The number of halogens is 1. The highest BCUT2D eigenvalue weighted by Gasteiger charge is 2.28. The summed E-state index contributed by atoms with van der Waals surface area (Å²) in [6.45, 7) is 2.28. The standard InChI is InChI=1S/C23H22ClN5O3/c1-13-19-21(28-32-13)20-17(24)6-3-7-18(20)29(23(19)31)16-5-2-4-14(8-16)9-27-22(30)15-10-25-12-26-11-15/h3,6-7,10-12,14,16H,2,4-5,8-9H2,1H3,(H,27,30). The Morgan fingerprint density at radius 2 is 2.06 bits per heavy atom. The second kappa shape index (κ2) is 8.35. The zero-order valence-electron chi connectivity index (χ0n) is 17.5. The van der Waals surface area contributed by atoms with Crippen LogP contribution in [0.2, 0.25) is 5.02 Å². The highest BCUT2D eigenvalue weighted by molar-refractivity contribution is 6.37. The van der Waals surface area contributed by atoms with Crippen molar-refractivity contribution in [3.8, 4) is 0 Å². The second-order valence-electron chi connectivity index (χ2n) is 8.30. The number of nitrogens with one attached hydrogen (secondary N) is 1. The number of benzene rings is 1. The van der Waals surface area contributed by atoms with E-state index in [0.717, 1.165) is 36.6 Å². The minimum Gasteiger partial charge on any atom is -0.360 e. The summed E-state index contributed by atoms with van der Waals surface area (Å²) in [6, 6.07) is 5.56. The molecule has 32 heavy (non-hydrogen) atoms. The van der Waals surface area contributed by atoms with Gasteiger partial charge in [0.2, 0.25) is 0 Å². The SMILES string of the molecule is Cc1onc2c1c(=O)n(C1CCCC(CNC(=O)c3cncnc3)C1)c1cccc(Cl)c21. The number of hydrogen-bond acceptors (Lipinski definition) is 6. The lowest BCUT2D eigenvalue weighted by molar-refractivity contribution is 0.0939. The highest BCUT2D eigenvalue weighted by atomic mass is 35.5. The van der Waals surface area contributed by atoms with Crippen molar-refractivity contribution in [1.82, 2.24) is 25.0 Å². The first kappa shape index (κ1) is 20.6. The molecular formula is C23H22ClN5O3. The molecule has 1 aromatic carbocycles. The third kappa shape index (κ3) is 3.54. The van der Waals surface area contributed by atoms with E-state index >= 15 is 0 Å². The van der Waals surface area contributed by atoms with Crippen LogP contribution in [0.1, 0.15) is 47.8 Å². The minimum atomic E-state index is -0.191. The van der Waals surface area contributed by atoms with Gasteiger partial charge in [0.25, 0.3) is 11.5 Å². The molecule has 5 rings (SSSR count). The van der Waals surface area contributed by atoms with Crippen LogP contribution in [0.3, 0.4) is 0 Å². The number of rotatable bonds is 4. The Morgan fingerprint density at radius 1 is 1.25 bits per heavy atom. The summed E-state index contributed by atoms with van der Waals surface area (Å²) in [5.74, 6) is 0.552. The summed E-state index contributed by atoms with van der Waals surface area (Å²) in [5, 5.41) is 8.85. The van der Waals surface area contributed by atoms with Gasteiger partial charge in [0.05, 0.1) is 16.1 Å². The molecule has 1 amide bonds. The molecule has 0 saturated heterocycles. The number of pyridine rings is 1. The van der Waals surface area contributed by atoms with Gasteiger partial charge in [0.15, 0.2) is 0 Å². The van der Waals surface area contributed by atoms with Crippen molar-refractivity contribution in [2.75, 3.05) is 6.54 Å². The van der Waals surface area contributed by atoms with Crippen LogP contribution in [-0.2, 0) is 0 Å². The molecule has 0 radical (unpaired) electrons. The molecule has 1 aliphatic rings. The van der Waals surface area contributed by atoms with Gasteiger partial charge in [-0.3, -0.25) is 9.59 Å². The Morgan fingerprint density at radius 3 is 2.88 bits per heavy atom. The molecule has 1 saturated carbocycles. The zero-order chi connectivity index (χ0) is 22.2. The molecule has 0 bridgehead atoms. The number of carbonyl (C=O) groups is 1. The lowest BCUT2D eigenvalue weighted by Gasteiger charge is -2.31. The first-order valence-electron chi connectivity index (χ1n) is 10.7. The third-order valence-corrected chi connectivity index (χ3v) is 6.59. The van der Waals surface area contributed by atoms with Gasteiger partial charge in [-0.25, -0.2) is 9.97 Å². The van der Waals surface area contributed by atoms with Crippen molar-refractivity contribution in [2.24, 2.45) is 5.92 Å². The third-order valence-electron chi connectivity index (χ3n) is 6.28. The van der Waals surface area contributed by atoms with Gasteiger partial charge in [-0.2, -0.15) is 0 Å². The molecule has 2 unspecified atom stereocenters. The topological polar surface area (TPSA) is 103 Å². The summed E-state index contributed by atoms with van der Waals surface area (Å²) in [7, 11) is 0. The van der Waals surface area contributed by atoms with Crippen LogP contribution in [0.15, 0.2) is 46.2 Å². The Balaban J connectivity index is 1.46. The minimum absolute atomic E-state index is 0.00197. The van der Waals surface area contributed by atoms with Crippen molar-refractivity contribution in [1.29, 1.82) is 0 Å². The highest BCUT2D eigenvalue weighted by Crippen LogP contribution is 2.36. The van der Waals surface area contributed by atoms with Gasteiger partial charge >= 0.3 is 0 Å². The molecule has 3 aromatic heterocycles. The number of hydrogen-bond donors (Lipinski definition) is 1. The number of amides is 1. The van der Waals surface area contributed by atoms with E-state index in [2.05, 4.69) is 20.4 Å². The number of aryl methyl sites for hydroxylation is 1. The quantitative estimate of drug-likeness (QED) is 0.502. The maximum atomic E-state index is 13.5. The average Bonchev–Trinajstić information content (AvgIpc) is 3.20. The Kier molecular flexibility index (Phi) is 5.38. The van der Waals surface area contributed by atoms with Crippen molar-refractivity contribution in [2.45, 2.75) is 38.6 Å². The molecule has 164 valence electrons. The second-order valence-corrected chi connectivity index (χ2v) is 8.70. The smallest absolute Gasteiger partial charge is 0.264 e. The van der Waals surface area contributed by atoms with Crippen molar-refractivity contribution >= 4 is 39.3 Å². The van der Waals surface area contributed by atoms with E-state index in [1.54, 1.807) is 13.0 Å². The molecular weight excluding hydrogens is 430 g/mol. The van der Waals surface area contributed by atoms with Gasteiger partial charge in [-0.1, -0.05) is 29.2 Å². The van der Waals surface area contributed by atoms with Gasteiger partial charge in [-0.15, -0.1) is 0 Å². The molecule has 9 heteroatoms. The van der Waals surface area contributed by atoms with Crippen LogP contribution in [-0.4, -0.2) is 32.1 Å². The predicted octanol–water partition coefficient (Wildman–Crippen LogP) is 4.06. The molecule has 1 N–H and O–H groups in total. The lowest BCUT2D eigenvalue weighted by atomic mass is 9.85. The number of carbonyl (C=O) groups excluding carboxylic acids is 1. The van der Waals surface area contributed by atoms with Crippen LogP contribution in [0.4, 0.5) is 0 Å². The zero-order valence-corrected chi connectivity index (χ0v) is 18.3. The maximum Gasteiger partial charge on any atom is 0.264 e. The van der Waals surface area contributed by atoms with Crippen LogP contribution in [0, 0.1) is 12.8 Å². The molecule has 0 spiro atoms. The lowest BCUT2D eigenvalue weighted by Crippen LogP contribution is -2.34. The van der Waals surface area contributed by atoms with E-state index in [4.69, 9.17) is 16.1 Å². The molecule has 1 aliphatic carbocycles. The van der Waals surface area contributed by atoms with Crippen LogP contribution in [0.5, 0.6) is 0 Å². The fraction of sp³-hybridized carbons (Fsp3) is 0.348. The summed E-state index contributed by atoms with van der Waals surface area (Å²) in [6.07, 6.45) is 8.01. The van der Waals surface area contributed by atoms with Crippen molar-refractivity contribution in [3.05, 3.63) is 63.6 Å². The first-order valence-corrected chi connectivity index (χ1v) is 11.0. The van der Waals surface area contributed by atoms with E-state index in [-0.39, 0.29) is 23.4 Å². The normalized spacial score (nSPS) is 18.8. The fourth-order valence-electron chi connectivity index (χ4n) is 4.77. The van der Waals surface area contributed by atoms with Gasteiger partial charge in [0.1, 0.15) is 23.0 Å². The summed E-state index contributed by atoms with van der Waals surface area (Å²) in [4.78, 5) is 33.7. The largest absolute Gasteiger partial charge is 0.360 e. The first-order chi connectivity index (χ1) is 15.5. The molecule has 0 aliphatic heterocycles. The van der Waals surface area contributed by atoms with E-state index < -0.39 is 0 Å². The molecule has 1 fully saturated rings. The molecule has 4 aromatic rings. The molecule has 8 nitrogen and oxygen atoms in total. The van der Waals surface area contributed by atoms with Gasteiger partial charge in [0, 0.05) is 30.4 Å². The van der Waals surface area contributed by atoms with E-state index in [9.17, 15) is 9.59 Å². The average molecular weight is 452 g/mol. The number of aromatic nitrogens is 4. The Bertz CT molecular complexity index is 1370. The van der Waals surface area contributed by atoms with E-state index in [1.165, 1.54) is 18.7 Å². The van der Waals surface area contributed by atoms with Gasteiger partial charge < -0.3 is 14.4 Å². The summed E-state index contributed by atoms with van der Waals surface area (Å²) in [5.41, 5.74) is 1.60. The maximum absolute atomic E-state index is 13.5.